The number of halogens is 4. The van der Waals surface area contributed by atoms with Gasteiger partial charge < -0.3 is 0 Å². The Balaban J connectivity index is 3.02. The zero-order chi connectivity index (χ0) is 10.3. The largest absolute Gasteiger partial charge is 0.0820 e. The van der Waals surface area contributed by atoms with E-state index in [1.165, 1.54) is 0 Å². The van der Waals surface area contributed by atoms with E-state index in [4.69, 9.17) is 46.4 Å². The lowest BCUT2D eigenvalue weighted by atomic mass is 10.1. The molecule has 0 fully saturated rings. The van der Waals surface area contributed by atoms with Gasteiger partial charge in [0.1, 0.15) is 0 Å². The second-order valence-corrected chi connectivity index (χ2v) is 4.31. The molecule has 0 heterocycles. The van der Waals surface area contributed by atoms with Crippen molar-refractivity contribution in [3.63, 3.8) is 0 Å². The maximum atomic E-state index is 6.03. The van der Waals surface area contributed by atoms with Gasteiger partial charge in [-0.3, -0.25) is 0 Å². The molecule has 0 aromatic heterocycles. The molecule has 4 heteroatoms. The smallest absolute Gasteiger partial charge is 0.0800 e. The van der Waals surface area contributed by atoms with Gasteiger partial charge in [0, 0.05) is 10.8 Å². The maximum Gasteiger partial charge on any atom is 0.0800 e. The van der Waals surface area contributed by atoms with Crippen LogP contribution in [0.15, 0.2) is 24.3 Å². The van der Waals surface area contributed by atoms with Crippen LogP contribution in [0, 0.1) is 0 Å². The molecule has 0 atom stereocenters. The third-order valence-electron chi connectivity index (χ3n) is 1.98. The van der Waals surface area contributed by atoms with Crippen molar-refractivity contribution >= 4 is 57.2 Å². The van der Waals surface area contributed by atoms with Crippen molar-refractivity contribution in [2.24, 2.45) is 0 Å². The topological polar surface area (TPSA) is 0 Å². The molecule has 2 rings (SSSR count). The van der Waals surface area contributed by atoms with E-state index in [2.05, 4.69) is 0 Å². The molecule has 2 aromatic carbocycles. The summed E-state index contributed by atoms with van der Waals surface area (Å²) < 4.78 is 0. The van der Waals surface area contributed by atoms with E-state index in [1.54, 1.807) is 0 Å². The van der Waals surface area contributed by atoms with Gasteiger partial charge in [0.05, 0.1) is 20.1 Å². The highest BCUT2D eigenvalue weighted by atomic mass is 35.5. The van der Waals surface area contributed by atoms with E-state index in [0.717, 1.165) is 10.8 Å². The molecule has 0 radical (unpaired) electrons. The maximum absolute atomic E-state index is 6.03. The molecular weight excluding hydrogens is 262 g/mol. The summed E-state index contributed by atoms with van der Waals surface area (Å²) in [7, 11) is 0. The highest BCUT2D eigenvalue weighted by Gasteiger charge is 2.13. The van der Waals surface area contributed by atoms with Crippen LogP contribution in [0.1, 0.15) is 0 Å². The van der Waals surface area contributed by atoms with Gasteiger partial charge >= 0.3 is 0 Å². The number of fused-ring (bicyclic) bond motifs is 1. The Morgan fingerprint density at radius 3 is 1.29 bits per heavy atom. The minimum absolute atomic E-state index is 0.303. The van der Waals surface area contributed by atoms with E-state index in [0.29, 0.717) is 20.1 Å². The lowest BCUT2D eigenvalue weighted by Gasteiger charge is -2.07. The molecule has 0 nitrogen and oxygen atoms in total. The molecule has 0 bridgehead atoms. The summed E-state index contributed by atoms with van der Waals surface area (Å²) in [6.45, 7) is 0. The van der Waals surface area contributed by atoms with Crippen LogP contribution in [0.25, 0.3) is 10.8 Å². The third-order valence-corrected chi connectivity index (χ3v) is 3.81. The summed E-state index contributed by atoms with van der Waals surface area (Å²) >= 11 is 23.9. The molecule has 0 unspecified atom stereocenters. The van der Waals surface area contributed by atoms with Crippen molar-refractivity contribution in [3.05, 3.63) is 44.4 Å². The van der Waals surface area contributed by atoms with Crippen molar-refractivity contribution in [1.82, 2.24) is 0 Å². The highest BCUT2D eigenvalue weighted by Crippen LogP contribution is 2.42. The van der Waals surface area contributed by atoms with Crippen molar-refractivity contribution in [1.29, 1.82) is 0 Å². The molecule has 0 aliphatic carbocycles. The Kier molecular flexibility index (Phi) is 2.81. The predicted molar refractivity (Wildman–Crippen MR) is 64.0 cm³/mol. The molecule has 0 saturated heterocycles. The highest BCUT2D eigenvalue weighted by molar-refractivity contribution is 6.55. The van der Waals surface area contributed by atoms with Crippen LogP contribution in [0.4, 0.5) is 0 Å². The normalized spacial score (nSPS) is 10.9. The van der Waals surface area contributed by atoms with E-state index in [1.807, 2.05) is 24.3 Å². The molecule has 0 saturated carbocycles. The molecule has 2 aromatic rings. The van der Waals surface area contributed by atoms with Crippen molar-refractivity contribution < 1.29 is 0 Å². The van der Waals surface area contributed by atoms with Crippen LogP contribution in [-0.4, -0.2) is 0 Å². The van der Waals surface area contributed by atoms with Gasteiger partial charge in [0.15, 0.2) is 0 Å². The minimum atomic E-state index is 0.303. The van der Waals surface area contributed by atoms with Gasteiger partial charge in [-0.25, -0.2) is 0 Å². The fraction of sp³-hybridized carbons (Fsp3) is 0. The third kappa shape index (κ3) is 1.47. The molecule has 0 N–H and O–H groups in total. The molecule has 0 aliphatic heterocycles. The van der Waals surface area contributed by atoms with Gasteiger partial charge in [0.25, 0.3) is 0 Å². The Morgan fingerprint density at radius 1 is 0.571 bits per heavy atom. The zero-order valence-electron chi connectivity index (χ0n) is 6.82. The Morgan fingerprint density at radius 2 is 0.929 bits per heavy atom. The summed E-state index contributed by atoms with van der Waals surface area (Å²) in [5, 5.41) is 3.12. The van der Waals surface area contributed by atoms with Gasteiger partial charge in [-0.2, -0.15) is 0 Å². The Hall–Kier alpha value is -0.140. The minimum Gasteiger partial charge on any atom is -0.0820 e. The first kappa shape index (κ1) is 10.4. The summed E-state index contributed by atoms with van der Waals surface area (Å²) in [5.41, 5.74) is 0. The monoisotopic (exact) mass is 264 g/mol. The quantitative estimate of drug-likeness (QED) is 0.439. The first-order valence-electron chi connectivity index (χ1n) is 3.83. The van der Waals surface area contributed by atoms with Crippen molar-refractivity contribution in [2.75, 3.05) is 0 Å². The van der Waals surface area contributed by atoms with Crippen LogP contribution in [0.2, 0.25) is 20.1 Å². The van der Waals surface area contributed by atoms with Crippen LogP contribution < -0.4 is 0 Å². The molecular formula is C10H4Cl4. The first-order valence-corrected chi connectivity index (χ1v) is 5.35. The van der Waals surface area contributed by atoms with Crippen LogP contribution >= 0.6 is 46.4 Å². The molecule has 0 amide bonds. The van der Waals surface area contributed by atoms with E-state index < -0.39 is 0 Å². The average molecular weight is 266 g/mol. The second-order valence-electron chi connectivity index (χ2n) is 2.80. The van der Waals surface area contributed by atoms with E-state index in [-0.39, 0.29) is 0 Å². The number of benzene rings is 2. The fourth-order valence-electron chi connectivity index (χ4n) is 1.30. The van der Waals surface area contributed by atoms with Gasteiger partial charge in [-0.1, -0.05) is 70.7 Å². The van der Waals surface area contributed by atoms with Crippen LogP contribution in [0.5, 0.6) is 0 Å². The van der Waals surface area contributed by atoms with Gasteiger partial charge in [-0.05, 0) is 0 Å². The van der Waals surface area contributed by atoms with E-state index in [9.17, 15) is 0 Å². The van der Waals surface area contributed by atoms with Crippen LogP contribution in [-0.2, 0) is 0 Å². The summed E-state index contributed by atoms with van der Waals surface area (Å²) in [6, 6.07) is 7.45. The predicted octanol–water partition coefficient (Wildman–Crippen LogP) is 5.45. The van der Waals surface area contributed by atoms with Crippen LogP contribution in [0.3, 0.4) is 0 Å². The Labute approximate surface area is 101 Å². The SMILES string of the molecule is Clc1c(Cl)c(Cl)c2ccccc2c1Cl. The van der Waals surface area contributed by atoms with Crippen molar-refractivity contribution in [2.45, 2.75) is 0 Å². The zero-order valence-corrected chi connectivity index (χ0v) is 9.84. The number of hydrogen-bond donors (Lipinski definition) is 0. The molecule has 0 spiro atoms. The molecule has 72 valence electrons. The molecule has 0 aliphatic rings. The summed E-state index contributed by atoms with van der Waals surface area (Å²) in [4.78, 5) is 0. The van der Waals surface area contributed by atoms with E-state index >= 15 is 0 Å². The Bertz CT molecular complexity index is 458. The lowest BCUT2D eigenvalue weighted by Crippen LogP contribution is -1.80. The van der Waals surface area contributed by atoms with Gasteiger partial charge in [0.2, 0.25) is 0 Å². The van der Waals surface area contributed by atoms with Gasteiger partial charge in [-0.15, -0.1) is 0 Å². The van der Waals surface area contributed by atoms with Crippen molar-refractivity contribution in [3.8, 4) is 0 Å². The summed E-state index contributed by atoms with van der Waals surface area (Å²) in [5.74, 6) is 0. The fourth-order valence-corrected chi connectivity index (χ4v) is 2.30. The second kappa shape index (κ2) is 3.79. The standard InChI is InChI=1S/C10H4Cl4/c11-7-5-3-1-2-4-6(5)8(12)10(14)9(7)13/h1-4H. The lowest BCUT2D eigenvalue weighted by molar-refractivity contribution is 1.74. The molecule has 14 heavy (non-hydrogen) atoms. The summed E-state index contributed by atoms with van der Waals surface area (Å²) in [6.07, 6.45) is 0. The number of rotatable bonds is 0. The average Bonchev–Trinajstić information content (AvgIpc) is 2.23. The number of hydrogen-bond acceptors (Lipinski definition) is 0. The first-order chi connectivity index (χ1) is 6.63.